The lowest BCUT2D eigenvalue weighted by atomic mass is 10.1. The Morgan fingerprint density at radius 2 is 1.88 bits per heavy atom. The van der Waals surface area contributed by atoms with E-state index in [0.717, 1.165) is 84.4 Å². The van der Waals surface area contributed by atoms with Crippen LogP contribution in [-0.2, 0) is 14.2 Å². The van der Waals surface area contributed by atoms with E-state index in [9.17, 15) is 0 Å². The third kappa shape index (κ3) is 8.66. The van der Waals surface area contributed by atoms with Gasteiger partial charge in [-0.2, -0.15) is 0 Å². The van der Waals surface area contributed by atoms with Crippen molar-refractivity contribution in [3.63, 3.8) is 0 Å². The predicted molar refractivity (Wildman–Crippen MR) is 105 cm³/mol. The number of ether oxygens (including phenoxy) is 3. The lowest BCUT2D eigenvalue weighted by Gasteiger charge is -2.35. The highest BCUT2D eigenvalue weighted by molar-refractivity contribution is 5.79. The van der Waals surface area contributed by atoms with Gasteiger partial charge in [0.25, 0.3) is 0 Å². The number of hydrogen-bond acceptors (Lipinski definition) is 5. The van der Waals surface area contributed by atoms with Crippen molar-refractivity contribution in [2.24, 2.45) is 10.9 Å². The number of aliphatic imine (C=N–C) groups is 1. The number of rotatable bonds is 10. The number of guanidine groups is 1. The fraction of sp³-hybridized carbons (Fsp3) is 0.947. The molecule has 0 amide bonds. The van der Waals surface area contributed by atoms with E-state index in [-0.39, 0.29) is 0 Å². The maximum Gasteiger partial charge on any atom is 0.190 e. The summed E-state index contributed by atoms with van der Waals surface area (Å²) in [5.41, 5.74) is 0. The molecule has 3 unspecified atom stereocenters. The Morgan fingerprint density at radius 1 is 1.15 bits per heavy atom. The van der Waals surface area contributed by atoms with Crippen molar-refractivity contribution in [2.75, 3.05) is 66.2 Å². The highest BCUT2D eigenvalue weighted by Gasteiger charge is 2.21. The van der Waals surface area contributed by atoms with Crippen molar-refractivity contribution in [1.29, 1.82) is 0 Å². The molecule has 2 heterocycles. The molecule has 3 atom stereocenters. The molecule has 7 nitrogen and oxygen atoms in total. The zero-order valence-corrected chi connectivity index (χ0v) is 16.8. The lowest BCUT2D eigenvalue weighted by molar-refractivity contribution is -0.0679. The molecule has 152 valence electrons. The van der Waals surface area contributed by atoms with Crippen LogP contribution in [0.25, 0.3) is 0 Å². The molecule has 2 aliphatic rings. The number of hydrogen-bond donors (Lipinski definition) is 2. The number of morpholine rings is 1. The van der Waals surface area contributed by atoms with E-state index >= 15 is 0 Å². The molecular weight excluding hydrogens is 332 g/mol. The van der Waals surface area contributed by atoms with Crippen molar-refractivity contribution in [2.45, 2.75) is 45.3 Å². The van der Waals surface area contributed by atoms with Crippen LogP contribution in [0.15, 0.2) is 4.99 Å². The Hall–Kier alpha value is -0.890. The Kier molecular flexibility index (Phi) is 10.3. The van der Waals surface area contributed by atoms with E-state index in [1.165, 1.54) is 0 Å². The van der Waals surface area contributed by atoms with Crippen molar-refractivity contribution >= 4 is 5.96 Å². The molecule has 2 rings (SSSR count). The largest absolute Gasteiger partial charge is 0.381 e. The van der Waals surface area contributed by atoms with Crippen molar-refractivity contribution in [3.05, 3.63) is 0 Å². The van der Waals surface area contributed by atoms with E-state index in [0.29, 0.717) is 18.1 Å². The van der Waals surface area contributed by atoms with Crippen LogP contribution in [0.2, 0.25) is 0 Å². The average Bonchev–Trinajstić information content (AvgIpc) is 3.12. The van der Waals surface area contributed by atoms with E-state index in [2.05, 4.69) is 34.4 Å². The van der Waals surface area contributed by atoms with Crippen LogP contribution >= 0.6 is 0 Å². The molecular formula is C19H38N4O3. The van der Waals surface area contributed by atoms with Gasteiger partial charge in [-0.15, -0.1) is 0 Å². The molecule has 2 aliphatic heterocycles. The minimum Gasteiger partial charge on any atom is -0.381 e. The molecule has 0 radical (unpaired) electrons. The van der Waals surface area contributed by atoms with Gasteiger partial charge >= 0.3 is 0 Å². The normalized spacial score (nSPS) is 27.7. The summed E-state index contributed by atoms with van der Waals surface area (Å²) in [6.45, 7) is 12.6. The summed E-state index contributed by atoms with van der Waals surface area (Å²) >= 11 is 0. The lowest BCUT2D eigenvalue weighted by Crippen LogP contribution is -2.46. The molecule has 0 aromatic carbocycles. The summed E-state index contributed by atoms with van der Waals surface area (Å²) < 4.78 is 16.8. The van der Waals surface area contributed by atoms with Gasteiger partial charge in [-0.05, 0) is 33.1 Å². The van der Waals surface area contributed by atoms with Gasteiger partial charge in [-0.25, -0.2) is 0 Å². The number of nitrogens with zero attached hydrogens (tertiary/aromatic N) is 2. The average molecular weight is 371 g/mol. The first-order chi connectivity index (χ1) is 12.7. The number of nitrogens with one attached hydrogen (secondary N) is 2. The molecule has 0 spiro atoms. The standard InChI is InChI=1S/C19H38N4O3/c1-16-12-23(13-17(2)26-16)9-4-7-21-19(20-3)22-8-5-10-24-14-18-6-11-25-15-18/h16-18H,4-15H2,1-3H3,(H2,20,21,22). The summed E-state index contributed by atoms with van der Waals surface area (Å²) in [6, 6.07) is 0. The van der Waals surface area contributed by atoms with Gasteiger partial charge in [0, 0.05) is 58.9 Å². The van der Waals surface area contributed by atoms with E-state index in [4.69, 9.17) is 14.2 Å². The monoisotopic (exact) mass is 370 g/mol. The maximum absolute atomic E-state index is 5.78. The van der Waals surface area contributed by atoms with Gasteiger partial charge in [0.1, 0.15) is 0 Å². The second kappa shape index (κ2) is 12.5. The van der Waals surface area contributed by atoms with Gasteiger partial charge in [-0.1, -0.05) is 0 Å². The Labute approximate surface area is 158 Å². The smallest absolute Gasteiger partial charge is 0.190 e. The summed E-state index contributed by atoms with van der Waals surface area (Å²) in [4.78, 5) is 6.77. The third-order valence-corrected chi connectivity index (χ3v) is 4.80. The molecule has 2 saturated heterocycles. The zero-order valence-electron chi connectivity index (χ0n) is 16.8. The fourth-order valence-electron chi connectivity index (χ4n) is 3.54. The van der Waals surface area contributed by atoms with E-state index < -0.39 is 0 Å². The van der Waals surface area contributed by atoms with Crippen LogP contribution in [0.3, 0.4) is 0 Å². The van der Waals surface area contributed by atoms with Crippen LogP contribution in [-0.4, -0.2) is 89.3 Å². The van der Waals surface area contributed by atoms with Crippen molar-refractivity contribution in [1.82, 2.24) is 15.5 Å². The Morgan fingerprint density at radius 3 is 2.54 bits per heavy atom. The first kappa shape index (κ1) is 21.4. The molecule has 7 heteroatoms. The van der Waals surface area contributed by atoms with Crippen LogP contribution in [0.4, 0.5) is 0 Å². The van der Waals surface area contributed by atoms with E-state index in [1.807, 2.05) is 7.05 Å². The van der Waals surface area contributed by atoms with Crippen molar-refractivity contribution in [3.8, 4) is 0 Å². The quantitative estimate of drug-likeness (QED) is 0.341. The van der Waals surface area contributed by atoms with Crippen LogP contribution in [0, 0.1) is 5.92 Å². The van der Waals surface area contributed by atoms with Gasteiger partial charge in [0.2, 0.25) is 0 Å². The highest BCUT2D eigenvalue weighted by Crippen LogP contribution is 2.12. The summed E-state index contributed by atoms with van der Waals surface area (Å²) in [5, 5.41) is 6.74. The van der Waals surface area contributed by atoms with Crippen LogP contribution in [0.1, 0.15) is 33.1 Å². The van der Waals surface area contributed by atoms with Crippen molar-refractivity contribution < 1.29 is 14.2 Å². The van der Waals surface area contributed by atoms with Crippen LogP contribution < -0.4 is 10.6 Å². The summed E-state index contributed by atoms with van der Waals surface area (Å²) in [5.74, 6) is 1.47. The molecule has 0 aromatic rings. The molecule has 26 heavy (non-hydrogen) atoms. The second-order valence-corrected chi connectivity index (χ2v) is 7.45. The SMILES string of the molecule is CN=C(NCCCOCC1CCOC1)NCCCN1CC(C)OC(C)C1. The minimum atomic E-state index is 0.338. The molecule has 2 N–H and O–H groups in total. The van der Waals surface area contributed by atoms with Gasteiger partial charge in [-0.3, -0.25) is 9.89 Å². The minimum absolute atomic E-state index is 0.338. The van der Waals surface area contributed by atoms with Crippen LogP contribution in [0.5, 0.6) is 0 Å². The molecule has 2 fully saturated rings. The topological polar surface area (TPSA) is 67.4 Å². The second-order valence-electron chi connectivity index (χ2n) is 7.45. The maximum atomic E-state index is 5.78. The molecule has 0 aromatic heterocycles. The Balaban J connectivity index is 1.44. The first-order valence-electron chi connectivity index (χ1n) is 10.1. The summed E-state index contributed by atoms with van der Waals surface area (Å²) in [6.07, 6.45) is 3.90. The molecule has 0 bridgehead atoms. The van der Waals surface area contributed by atoms with Gasteiger partial charge in [0.15, 0.2) is 5.96 Å². The van der Waals surface area contributed by atoms with E-state index in [1.54, 1.807) is 0 Å². The molecule has 0 aliphatic carbocycles. The Bertz CT molecular complexity index is 392. The zero-order chi connectivity index (χ0) is 18.6. The summed E-state index contributed by atoms with van der Waals surface area (Å²) in [7, 11) is 1.82. The highest BCUT2D eigenvalue weighted by atomic mass is 16.5. The predicted octanol–water partition coefficient (Wildman–Crippen LogP) is 1.09. The van der Waals surface area contributed by atoms with Gasteiger partial charge < -0.3 is 24.8 Å². The molecule has 0 saturated carbocycles. The third-order valence-electron chi connectivity index (χ3n) is 4.80. The first-order valence-corrected chi connectivity index (χ1v) is 10.1. The fourth-order valence-corrected chi connectivity index (χ4v) is 3.54. The van der Waals surface area contributed by atoms with Gasteiger partial charge in [0.05, 0.1) is 25.4 Å².